The number of imide groups is 1. The van der Waals surface area contributed by atoms with Gasteiger partial charge in [0.25, 0.3) is 27.9 Å². The Morgan fingerprint density at radius 2 is 1.53 bits per heavy atom. The summed E-state index contributed by atoms with van der Waals surface area (Å²) in [7, 11) is -3.47. The normalized spacial score (nSPS) is 24.8. The molecule has 6 rings (SSSR count). The van der Waals surface area contributed by atoms with Gasteiger partial charge in [-0.25, -0.2) is 4.79 Å². The predicted molar refractivity (Wildman–Crippen MR) is 165 cm³/mol. The van der Waals surface area contributed by atoms with Crippen LogP contribution in [0.2, 0.25) is 0 Å². The number of halogens is 3. The molecule has 0 aliphatic carbocycles. The van der Waals surface area contributed by atoms with Crippen LogP contribution >= 0.6 is 0 Å². The summed E-state index contributed by atoms with van der Waals surface area (Å²) in [6, 6.07) is 3.72. The lowest BCUT2D eigenvalue weighted by Gasteiger charge is -2.39. The molecule has 1 atom stereocenters. The van der Waals surface area contributed by atoms with Gasteiger partial charge in [0.15, 0.2) is 0 Å². The van der Waals surface area contributed by atoms with E-state index in [1.54, 1.807) is 26.8 Å². The first kappa shape index (κ1) is 35.5. The van der Waals surface area contributed by atoms with Gasteiger partial charge in [-0.3, -0.25) is 14.4 Å². The molecule has 1 aromatic rings. The number of rotatable bonds is 8. The van der Waals surface area contributed by atoms with Crippen LogP contribution < -0.4 is 10.5 Å². The summed E-state index contributed by atoms with van der Waals surface area (Å²) >= 11 is 0. The van der Waals surface area contributed by atoms with Gasteiger partial charge >= 0.3 is 12.1 Å². The van der Waals surface area contributed by atoms with Crippen LogP contribution in [0, 0.1) is 5.92 Å². The molecule has 5 heterocycles. The van der Waals surface area contributed by atoms with Crippen LogP contribution in [0.1, 0.15) is 67.3 Å². The van der Waals surface area contributed by atoms with Crippen molar-refractivity contribution in [1.82, 2.24) is 23.5 Å². The van der Waals surface area contributed by atoms with Gasteiger partial charge in [-0.1, -0.05) is 6.07 Å². The van der Waals surface area contributed by atoms with Crippen molar-refractivity contribution < 1.29 is 50.3 Å². The van der Waals surface area contributed by atoms with Gasteiger partial charge in [-0.15, -0.1) is 5.06 Å². The number of nitrogens with two attached hydrogens (primary N) is 1. The zero-order chi connectivity index (χ0) is 35.1. The van der Waals surface area contributed by atoms with Crippen molar-refractivity contribution in [3.05, 3.63) is 29.3 Å². The predicted octanol–water partition coefficient (Wildman–Crippen LogP) is 1.40. The van der Waals surface area contributed by atoms with E-state index in [0.29, 0.717) is 56.3 Å². The number of carbonyl (C=O) groups excluding carboxylic acids is 4. The second-order valence-corrected chi connectivity index (χ2v) is 15.3. The van der Waals surface area contributed by atoms with Gasteiger partial charge < -0.3 is 25.1 Å². The molecule has 4 saturated heterocycles. The SMILES string of the molecule is NC1CCN(S(=O)(=O)N2CCC(CN3CCC(Oc4cccc5c4CN(C4CCC(=O)N(OC(=O)C(F)(F)F)C4=O)C5=O)CC3)CC2)CC1. The van der Waals surface area contributed by atoms with Crippen molar-refractivity contribution in [2.45, 2.75) is 82.3 Å². The van der Waals surface area contributed by atoms with E-state index in [2.05, 4.69) is 9.74 Å². The molecule has 18 heteroatoms. The molecule has 0 spiro atoms. The summed E-state index contributed by atoms with van der Waals surface area (Å²) in [5.41, 5.74) is 6.77. The van der Waals surface area contributed by atoms with Crippen molar-refractivity contribution in [2.24, 2.45) is 11.7 Å². The highest BCUT2D eigenvalue weighted by Gasteiger charge is 2.49. The average Bonchev–Trinajstić information content (AvgIpc) is 3.40. The van der Waals surface area contributed by atoms with E-state index in [1.165, 1.54) is 4.90 Å². The fraction of sp³-hybridized carbons (Fsp3) is 0.677. The van der Waals surface area contributed by atoms with Crippen LogP contribution in [0.15, 0.2) is 18.2 Å². The highest BCUT2D eigenvalue weighted by atomic mass is 32.2. The lowest BCUT2D eigenvalue weighted by molar-refractivity contribution is -0.238. The molecule has 14 nitrogen and oxygen atoms in total. The topological polar surface area (TPSA) is 163 Å². The number of hydroxylamine groups is 2. The molecule has 270 valence electrons. The fourth-order valence-corrected chi connectivity index (χ4v) is 8.97. The number of hydrogen-bond acceptors (Lipinski definition) is 10. The average molecular weight is 715 g/mol. The molecule has 0 radical (unpaired) electrons. The number of ether oxygens (including phenoxy) is 1. The third-order valence-electron chi connectivity index (χ3n) is 10.1. The molecule has 49 heavy (non-hydrogen) atoms. The fourth-order valence-electron chi connectivity index (χ4n) is 7.30. The monoisotopic (exact) mass is 714 g/mol. The first-order chi connectivity index (χ1) is 23.2. The second-order valence-electron chi connectivity index (χ2n) is 13.4. The maximum Gasteiger partial charge on any atom is 0.493 e. The minimum Gasteiger partial charge on any atom is -0.490 e. The quantitative estimate of drug-likeness (QED) is 0.390. The molecular formula is C31H41F3N6O8S. The summed E-state index contributed by atoms with van der Waals surface area (Å²) in [6.07, 6.45) is -1.66. The minimum atomic E-state index is -5.42. The van der Waals surface area contributed by atoms with E-state index >= 15 is 0 Å². The Hall–Kier alpha value is -3.32. The van der Waals surface area contributed by atoms with Crippen LogP contribution in [-0.2, 0) is 36.0 Å². The molecule has 3 amide bonds. The molecule has 1 unspecified atom stereocenters. The first-order valence-electron chi connectivity index (χ1n) is 16.7. The zero-order valence-electron chi connectivity index (χ0n) is 27.0. The van der Waals surface area contributed by atoms with Crippen molar-refractivity contribution >= 4 is 33.9 Å². The van der Waals surface area contributed by atoms with E-state index in [-0.39, 0.29) is 35.7 Å². The summed E-state index contributed by atoms with van der Waals surface area (Å²) < 4.78 is 74.0. The molecule has 0 bridgehead atoms. The number of hydrogen-bond donors (Lipinski definition) is 1. The number of benzene rings is 1. The van der Waals surface area contributed by atoms with Gasteiger partial charge in [0.05, 0.1) is 6.54 Å². The number of amides is 3. The lowest BCUT2D eigenvalue weighted by atomic mass is 9.96. The summed E-state index contributed by atoms with van der Waals surface area (Å²) in [6.45, 7) is 4.32. The molecule has 0 aromatic heterocycles. The Kier molecular flexibility index (Phi) is 10.2. The van der Waals surface area contributed by atoms with Crippen molar-refractivity contribution in [1.29, 1.82) is 0 Å². The molecule has 1 aromatic carbocycles. The molecular weight excluding hydrogens is 673 g/mol. The summed E-state index contributed by atoms with van der Waals surface area (Å²) in [4.78, 5) is 57.4. The number of fused-ring (bicyclic) bond motifs is 1. The minimum absolute atomic E-state index is 0.0595. The number of likely N-dealkylation sites (tertiary alicyclic amines) is 1. The largest absolute Gasteiger partial charge is 0.493 e. The van der Waals surface area contributed by atoms with E-state index in [0.717, 1.165) is 45.3 Å². The standard InChI is InChI=1S/C31H41F3N6O8S/c32-31(33,34)30(44)48-40-27(41)5-4-25(29(40)43)39-19-24-23(28(39)42)2-1-3-26(24)47-22-10-12-36(13-11-22)18-20-6-14-37(15-7-20)49(45,46)38-16-8-21(35)9-17-38/h1-3,20-22,25H,4-19,35H2. The van der Waals surface area contributed by atoms with Crippen LogP contribution in [0.3, 0.4) is 0 Å². The van der Waals surface area contributed by atoms with E-state index < -0.39 is 52.5 Å². The molecule has 5 aliphatic rings. The van der Waals surface area contributed by atoms with Gasteiger partial charge in [0.1, 0.15) is 17.9 Å². The highest BCUT2D eigenvalue weighted by molar-refractivity contribution is 7.86. The van der Waals surface area contributed by atoms with Gasteiger partial charge in [0.2, 0.25) is 0 Å². The van der Waals surface area contributed by atoms with Crippen LogP contribution in [-0.4, -0.2) is 126 Å². The summed E-state index contributed by atoms with van der Waals surface area (Å²) in [5.74, 6) is -4.71. The zero-order valence-corrected chi connectivity index (χ0v) is 27.8. The molecule has 5 aliphatic heterocycles. The maximum atomic E-state index is 13.3. The van der Waals surface area contributed by atoms with E-state index in [1.807, 2.05) is 0 Å². The second kappa shape index (κ2) is 14.1. The van der Waals surface area contributed by atoms with Crippen molar-refractivity contribution in [2.75, 3.05) is 45.8 Å². The van der Waals surface area contributed by atoms with Crippen LogP contribution in [0.25, 0.3) is 0 Å². The Morgan fingerprint density at radius 1 is 0.898 bits per heavy atom. The molecule has 4 fully saturated rings. The number of alkyl halides is 3. The number of carbonyl (C=O) groups is 4. The summed E-state index contributed by atoms with van der Waals surface area (Å²) in [5, 5.41) is -0.192. The Morgan fingerprint density at radius 3 is 2.16 bits per heavy atom. The third-order valence-corrected chi connectivity index (χ3v) is 12.2. The number of nitrogens with zero attached hydrogens (tertiary/aromatic N) is 5. The Bertz CT molecular complexity index is 1550. The maximum absolute atomic E-state index is 13.3. The number of piperidine rings is 4. The van der Waals surface area contributed by atoms with E-state index in [9.17, 15) is 40.8 Å². The van der Waals surface area contributed by atoms with Crippen molar-refractivity contribution in [3.63, 3.8) is 0 Å². The van der Waals surface area contributed by atoms with E-state index in [4.69, 9.17) is 10.5 Å². The highest BCUT2D eigenvalue weighted by Crippen LogP contribution is 2.36. The molecule has 2 N–H and O–H groups in total. The van der Waals surface area contributed by atoms with Crippen LogP contribution in [0.4, 0.5) is 13.2 Å². The smallest absolute Gasteiger partial charge is 0.490 e. The van der Waals surface area contributed by atoms with Crippen LogP contribution in [0.5, 0.6) is 5.75 Å². The lowest BCUT2D eigenvalue weighted by Crippen LogP contribution is -2.55. The third kappa shape index (κ3) is 7.57. The first-order valence-corrected chi connectivity index (χ1v) is 18.1. The van der Waals surface area contributed by atoms with Gasteiger partial charge in [0, 0.05) is 69.4 Å². The van der Waals surface area contributed by atoms with Gasteiger partial charge in [-0.2, -0.15) is 30.2 Å². The van der Waals surface area contributed by atoms with Crippen molar-refractivity contribution in [3.8, 4) is 5.75 Å². The Balaban J connectivity index is 0.994. The molecule has 0 saturated carbocycles. The Labute approximate surface area is 282 Å². The van der Waals surface area contributed by atoms with Gasteiger partial charge in [-0.05, 0) is 63.0 Å².